The Bertz CT molecular complexity index is 459. The lowest BCUT2D eigenvalue weighted by Gasteiger charge is -2.27. The molecule has 3 N–H and O–H groups in total. The predicted octanol–water partition coefficient (Wildman–Crippen LogP) is 2.98. The zero-order chi connectivity index (χ0) is 14.8. The van der Waals surface area contributed by atoms with Gasteiger partial charge in [-0.3, -0.25) is 4.79 Å². The van der Waals surface area contributed by atoms with Crippen molar-refractivity contribution >= 4 is 5.91 Å². The molecule has 110 valence electrons. The summed E-state index contributed by atoms with van der Waals surface area (Å²) in [7, 11) is 0. The zero-order valence-corrected chi connectivity index (χ0v) is 12.8. The second-order valence-corrected chi connectivity index (χ2v) is 6.92. The molecule has 1 aliphatic rings. The Morgan fingerprint density at radius 3 is 2.40 bits per heavy atom. The van der Waals surface area contributed by atoms with Crippen LogP contribution in [0.25, 0.3) is 0 Å². The van der Waals surface area contributed by atoms with E-state index >= 15 is 0 Å². The molecule has 1 aliphatic carbocycles. The number of hydrogen-bond donors (Lipinski definition) is 2. The molecular formula is C17H26N2O. The van der Waals surface area contributed by atoms with E-state index in [0.29, 0.717) is 0 Å². The summed E-state index contributed by atoms with van der Waals surface area (Å²) in [5.74, 6) is 0.0181. The van der Waals surface area contributed by atoms with Crippen LogP contribution in [0.5, 0.6) is 0 Å². The fourth-order valence-electron chi connectivity index (χ4n) is 2.75. The Labute approximate surface area is 121 Å². The molecule has 1 aromatic carbocycles. The molecule has 1 saturated carbocycles. The Hall–Kier alpha value is -1.35. The zero-order valence-electron chi connectivity index (χ0n) is 12.8. The number of rotatable bonds is 2. The maximum Gasteiger partial charge on any atom is 0.251 e. The molecule has 0 bridgehead atoms. The second kappa shape index (κ2) is 5.96. The Balaban J connectivity index is 1.99. The summed E-state index contributed by atoms with van der Waals surface area (Å²) >= 11 is 0. The highest BCUT2D eigenvalue weighted by molar-refractivity contribution is 5.94. The highest BCUT2D eigenvalue weighted by atomic mass is 16.1. The molecule has 0 aromatic heterocycles. The van der Waals surface area contributed by atoms with Gasteiger partial charge in [0.1, 0.15) is 0 Å². The van der Waals surface area contributed by atoms with E-state index in [1.54, 1.807) is 0 Å². The van der Waals surface area contributed by atoms with Crippen LogP contribution in [-0.2, 0) is 5.41 Å². The van der Waals surface area contributed by atoms with Crippen LogP contribution in [0.4, 0.5) is 0 Å². The van der Waals surface area contributed by atoms with Crippen LogP contribution in [0.3, 0.4) is 0 Å². The highest BCUT2D eigenvalue weighted by Gasteiger charge is 2.21. The van der Waals surface area contributed by atoms with Gasteiger partial charge < -0.3 is 11.1 Å². The molecule has 1 amide bonds. The van der Waals surface area contributed by atoms with E-state index in [0.717, 1.165) is 31.2 Å². The fraction of sp³-hybridized carbons (Fsp3) is 0.588. The first-order chi connectivity index (χ1) is 9.36. The standard InChI is InChI=1S/C17H26N2O/c1-17(2,3)13-9-7-12(8-10-13)16(20)19-15-6-4-5-14(18)11-15/h7-10,14-15H,4-6,11,18H2,1-3H3,(H,19,20)/t14-,15+/m1/s1. The number of carbonyl (C=O) groups excluding carboxylic acids is 1. The topological polar surface area (TPSA) is 55.1 Å². The highest BCUT2D eigenvalue weighted by Crippen LogP contribution is 2.22. The van der Waals surface area contributed by atoms with E-state index in [2.05, 4.69) is 26.1 Å². The van der Waals surface area contributed by atoms with Crippen molar-refractivity contribution < 1.29 is 4.79 Å². The lowest BCUT2D eigenvalue weighted by Crippen LogP contribution is -2.42. The number of hydrogen-bond acceptors (Lipinski definition) is 2. The monoisotopic (exact) mass is 274 g/mol. The van der Waals surface area contributed by atoms with Gasteiger partial charge in [0.2, 0.25) is 0 Å². The summed E-state index contributed by atoms with van der Waals surface area (Å²) in [6, 6.07) is 8.38. The summed E-state index contributed by atoms with van der Waals surface area (Å²) in [6.45, 7) is 6.52. The van der Waals surface area contributed by atoms with Gasteiger partial charge in [-0.05, 0) is 48.8 Å². The van der Waals surface area contributed by atoms with Crippen LogP contribution in [0.2, 0.25) is 0 Å². The quantitative estimate of drug-likeness (QED) is 0.871. The van der Waals surface area contributed by atoms with E-state index in [4.69, 9.17) is 5.73 Å². The normalized spacial score (nSPS) is 23.4. The van der Waals surface area contributed by atoms with Crippen molar-refractivity contribution in [3.05, 3.63) is 35.4 Å². The molecule has 0 aliphatic heterocycles. The van der Waals surface area contributed by atoms with Gasteiger partial charge in [-0.1, -0.05) is 32.9 Å². The Kier molecular flexibility index (Phi) is 4.48. The first-order valence-electron chi connectivity index (χ1n) is 7.53. The summed E-state index contributed by atoms with van der Waals surface area (Å²) in [6.07, 6.45) is 4.12. The van der Waals surface area contributed by atoms with Crippen LogP contribution in [0.1, 0.15) is 62.4 Å². The summed E-state index contributed by atoms with van der Waals surface area (Å²) < 4.78 is 0. The van der Waals surface area contributed by atoms with Gasteiger partial charge in [0.15, 0.2) is 0 Å². The van der Waals surface area contributed by atoms with Gasteiger partial charge in [-0.25, -0.2) is 0 Å². The molecule has 20 heavy (non-hydrogen) atoms. The van der Waals surface area contributed by atoms with Gasteiger partial charge in [-0.2, -0.15) is 0 Å². The molecule has 3 heteroatoms. The molecule has 2 atom stereocenters. The lowest BCUT2D eigenvalue weighted by atomic mass is 9.86. The van der Waals surface area contributed by atoms with E-state index in [1.807, 2.05) is 24.3 Å². The minimum atomic E-state index is 0.0181. The largest absolute Gasteiger partial charge is 0.349 e. The molecule has 0 unspecified atom stereocenters. The molecule has 0 spiro atoms. The third-order valence-electron chi connectivity index (χ3n) is 4.06. The van der Waals surface area contributed by atoms with E-state index in [9.17, 15) is 4.79 Å². The van der Waals surface area contributed by atoms with Crippen LogP contribution < -0.4 is 11.1 Å². The number of carbonyl (C=O) groups is 1. The molecule has 0 saturated heterocycles. The van der Waals surface area contributed by atoms with Crippen molar-refractivity contribution in [3.8, 4) is 0 Å². The van der Waals surface area contributed by atoms with E-state index in [-0.39, 0.29) is 23.4 Å². The molecule has 1 aromatic rings. The average molecular weight is 274 g/mol. The number of benzene rings is 1. The summed E-state index contributed by atoms with van der Waals surface area (Å²) in [4.78, 5) is 12.2. The first-order valence-corrected chi connectivity index (χ1v) is 7.53. The number of amides is 1. The first kappa shape index (κ1) is 15.0. The maximum atomic E-state index is 12.2. The van der Waals surface area contributed by atoms with Gasteiger partial charge >= 0.3 is 0 Å². The van der Waals surface area contributed by atoms with Crippen molar-refractivity contribution in [3.63, 3.8) is 0 Å². The molecule has 0 radical (unpaired) electrons. The van der Waals surface area contributed by atoms with Crippen LogP contribution in [0.15, 0.2) is 24.3 Å². The smallest absolute Gasteiger partial charge is 0.251 e. The van der Waals surface area contributed by atoms with Crippen LogP contribution in [0, 0.1) is 0 Å². The van der Waals surface area contributed by atoms with Crippen molar-refractivity contribution in [2.75, 3.05) is 0 Å². The third kappa shape index (κ3) is 3.83. The summed E-state index contributed by atoms with van der Waals surface area (Å²) in [5, 5.41) is 3.10. The minimum absolute atomic E-state index is 0.0181. The van der Waals surface area contributed by atoms with E-state index in [1.165, 1.54) is 5.56 Å². The van der Waals surface area contributed by atoms with Gasteiger partial charge in [0, 0.05) is 17.6 Å². The second-order valence-electron chi connectivity index (χ2n) is 6.92. The average Bonchev–Trinajstić information content (AvgIpc) is 2.38. The Morgan fingerprint density at radius 1 is 1.20 bits per heavy atom. The number of nitrogens with two attached hydrogens (primary N) is 1. The molecular weight excluding hydrogens is 248 g/mol. The molecule has 2 rings (SSSR count). The maximum absolute atomic E-state index is 12.2. The minimum Gasteiger partial charge on any atom is -0.349 e. The fourth-order valence-corrected chi connectivity index (χ4v) is 2.75. The predicted molar refractivity (Wildman–Crippen MR) is 82.8 cm³/mol. The van der Waals surface area contributed by atoms with Crippen molar-refractivity contribution in [2.24, 2.45) is 5.73 Å². The van der Waals surface area contributed by atoms with Crippen molar-refractivity contribution in [2.45, 2.75) is 64.0 Å². The van der Waals surface area contributed by atoms with Crippen molar-refractivity contribution in [1.82, 2.24) is 5.32 Å². The number of nitrogens with one attached hydrogen (secondary N) is 1. The van der Waals surface area contributed by atoms with Gasteiger partial charge in [-0.15, -0.1) is 0 Å². The van der Waals surface area contributed by atoms with Gasteiger partial charge in [0.05, 0.1) is 0 Å². The molecule has 1 fully saturated rings. The summed E-state index contributed by atoms with van der Waals surface area (Å²) in [5.41, 5.74) is 8.05. The van der Waals surface area contributed by atoms with Crippen LogP contribution >= 0.6 is 0 Å². The lowest BCUT2D eigenvalue weighted by molar-refractivity contribution is 0.0925. The Morgan fingerprint density at radius 2 is 1.85 bits per heavy atom. The van der Waals surface area contributed by atoms with Crippen LogP contribution in [-0.4, -0.2) is 18.0 Å². The SMILES string of the molecule is CC(C)(C)c1ccc(C(=O)N[C@H]2CCC[C@@H](N)C2)cc1. The molecule has 0 heterocycles. The third-order valence-corrected chi connectivity index (χ3v) is 4.06. The van der Waals surface area contributed by atoms with Gasteiger partial charge in [0.25, 0.3) is 5.91 Å². The molecule has 3 nitrogen and oxygen atoms in total. The van der Waals surface area contributed by atoms with E-state index < -0.39 is 0 Å². The van der Waals surface area contributed by atoms with Crippen molar-refractivity contribution in [1.29, 1.82) is 0 Å².